The summed E-state index contributed by atoms with van der Waals surface area (Å²) in [5.41, 5.74) is 1.33. The van der Waals surface area contributed by atoms with E-state index in [9.17, 15) is 19.3 Å². The standard InChI is InChI=1S/C20H21FN4O3S/c1-23(2)10-3-11-24(19(26)12-14-4-6-15(21)7-5-14)20-22-17-9-8-16(25(27)28)13-18(17)29-20/h4-9,13H,3,10-12H2,1-2H3/p+1. The van der Waals surface area contributed by atoms with Crippen LogP contribution in [0.5, 0.6) is 0 Å². The van der Waals surface area contributed by atoms with E-state index in [1.807, 2.05) is 14.1 Å². The number of nitro benzene ring substituents is 1. The second kappa shape index (κ2) is 9.06. The molecule has 0 atom stereocenters. The van der Waals surface area contributed by atoms with Gasteiger partial charge < -0.3 is 4.90 Å². The molecule has 9 heteroatoms. The van der Waals surface area contributed by atoms with Gasteiger partial charge >= 0.3 is 0 Å². The molecule has 0 fully saturated rings. The van der Waals surface area contributed by atoms with Gasteiger partial charge in [0.15, 0.2) is 5.13 Å². The summed E-state index contributed by atoms with van der Waals surface area (Å²) in [6.07, 6.45) is 0.915. The van der Waals surface area contributed by atoms with Crippen LogP contribution in [0.1, 0.15) is 12.0 Å². The van der Waals surface area contributed by atoms with Gasteiger partial charge in [0.05, 0.1) is 42.2 Å². The van der Waals surface area contributed by atoms with E-state index in [1.54, 1.807) is 23.1 Å². The predicted octanol–water partition coefficient (Wildman–Crippen LogP) is 2.45. The molecule has 1 amide bonds. The lowest BCUT2D eigenvalue weighted by Crippen LogP contribution is -3.05. The summed E-state index contributed by atoms with van der Waals surface area (Å²) in [7, 11) is 4.09. The maximum atomic E-state index is 13.1. The van der Waals surface area contributed by atoms with Gasteiger partial charge in [0.1, 0.15) is 5.82 Å². The fourth-order valence-corrected chi connectivity index (χ4v) is 3.96. The number of halogens is 1. The first kappa shape index (κ1) is 20.8. The van der Waals surface area contributed by atoms with Crippen molar-refractivity contribution in [2.24, 2.45) is 0 Å². The molecule has 0 saturated heterocycles. The van der Waals surface area contributed by atoms with Gasteiger partial charge in [-0.25, -0.2) is 9.37 Å². The van der Waals surface area contributed by atoms with Crippen LogP contribution in [-0.2, 0) is 11.2 Å². The molecule has 0 spiro atoms. The fourth-order valence-electron chi connectivity index (χ4n) is 2.92. The van der Waals surface area contributed by atoms with Crippen LogP contribution in [0.4, 0.5) is 15.2 Å². The van der Waals surface area contributed by atoms with E-state index in [2.05, 4.69) is 4.98 Å². The van der Waals surface area contributed by atoms with E-state index in [4.69, 9.17) is 0 Å². The number of nitrogens with zero attached hydrogens (tertiary/aromatic N) is 3. The van der Waals surface area contributed by atoms with Gasteiger partial charge in [-0.15, -0.1) is 0 Å². The summed E-state index contributed by atoms with van der Waals surface area (Å²) >= 11 is 1.26. The van der Waals surface area contributed by atoms with Crippen molar-refractivity contribution in [3.05, 3.63) is 64.0 Å². The van der Waals surface area contributed by atoms with Gasteiger partial charge in [0.2, 0.25) is 5.91 Å². The van der Waals surface area contributed by atoms with Gasteiger partial charge in [-0.05, 0) is 23.8 Å². The largest absolute Gasteiger partial charge is 0.340 e. The second-order valence-corrected chi connectivity index (χ2v) is 8.07. The van der Waals surface area contributed by atoms with Gasteiger partial charge in [0.25, 0.3) is 5.69 Å². The van der Waals surface area contributed by atoms with Crippen molar-refractivity contribution < 1.29 is 19.0 Å². The summed E-state index contributed by atoms with van der Waals surface area (Å²) in [6, 6.07) is 10.3. The molecule has 3 rings (SSSR count). The van der Waals surface area contributed by atoms with E-state index in [0.717, 1.165) is 18.5 Å². The number of quaternary nitrogens is 1. The summed E-state index contributed by atoms with van der Waals surface area (Å²) < 4.78 is 13.8. The molecule has 7 nitrogen and oxygen atoms in total. The molecule has 0 aliphatic rings. The van der Waals surface area contributed by atoms with E-state index < -0.39 is 4.92 Å². The third-order valence-corrected chi connectivity index (χ3v) is 5.47. The van der Waals surface area contributed by atoms with Crippen LogP contribution in [0, 0.1) is 15.9 Å². The van der Waals surface area contributed by atoms with Gasteiger partial charge in [-0.2, -0.15) is 0 Å². The van der Waals surface area contributed by atoms with Crippen LogP contribution >= 0.6 is 11.3 Å². The number of carbonyl (C=O) groups excluding carboxylic acids is 1. The highest BCUT2D eigenvalue weighted by Gasteiger charge is 2.21. The Morgan fingerprint density at radius 1 is 1.24 bits per heavy atom. The van der Waals surface area contributed by atoms with Crippen molar-refractivity contribution in [3.8, 4) is 0 Å². The van der Waals surface area contributed by atoms with Crippen molar-refractivity contribution in [1.29, 1.82) is 0 Å². The molecular weight excluding hydrogens is 395 g/mol. The first-order valence-corrected chi connectivity index (χ1v) is 10.0. The molecule has 152 valence electrons. The van der Waals surface area contributed by atoms with Gasteiger partial charge in [0, 0.05) is 25.1 Å². The number of hydrogen-bond donors (Lipinski definition) is 1. The lowest BCUT2D eigenvalue weighted by molar-refractivity contribution is -0.858. The normalized spacial score (nSPS) is 11.2. The van der Waals surface area contributed by atoms with E-state index in [1.165, 1.54) is 40.5 Å². The number of amides is 1. The molecule has 29 heavy (non-hydrogen) atoms. The molecule has 1 N–H and O–H groups in total. The Morgan fingerprint density at radius 2 is 1.97 bits per heavy atom. The lowest BCUT2D eigenvalue weighted by Gasteiger charge is -2.20. The molecule has 0 aliphatic carbocycles. The van der Waals surface area contributed by atoms with Crippen molar-refractivity contribution >= 4 is 38.3 Å². The number of thiazole rings is 1. The molecule has 1 heterocycles. The molecule has 0 saturated carbocycles. The molecule has 3 aromatic rings. The number of benzene rings is 2. The van der Waals surface area contributed by atoms with Crippen LogP contribution in [0.15, 0.2) is 42.5 Å². The zero-order chi connectivity index (χ0) is 21.0. The monoisotopic (exact) mass is 417 g/mol. The first-order chi connectivity index (χ1) is 13.8. The maximum Gasteiger partial charge on any atom is 0.270 e. The van der Waals surface area contributed by atoms with Crippen LogP contribution in [0.2, 0.25) is 0 Å². The average Bonchev–Trinajstić information content (AvgIpc) is 3.09. The average molecular weight is 417 g/mol. The first-order valence-electron chi connectivity index (χ1n) is 9.22. The zero-order valence-corrected chi connectivity index (χ0v) is 17.0. The number of non-ortho nitro benzene ring substituents is 1. The highest BCUT2D eigenvalue weighted by molar-refractivity contribution is 7.22. The molecule has 0 aliphatic heterocycles. The zero-order valence-electron chi connectivity index (χ0n) is 16.2. The third kappa shape index (κ3) is 5.33. The minimum absolute atomic E-state index is 0.00639. The summed E-state index contributed by atoms with van der Waals surface area (Å²) in [4.78, 5) is 31.0. The number of anilines is 1. The van der Waals surface area contributed by atoms with Crippen LogP contribution < -0.4 is 9.80 Å². The van der Waals surface area contributed by atoms with Crippen LogP contribution in [0.25, 0.3) is 10.2 Å². The Balaban J connectivity index is 1.87. The molecule has 1 aromatic heterocycles. The minimum Gasteiger partial charge on any atom is -0.340 e. The quantitative estimate of drug-likeness (QED) is 0.451. The Kier molecular flexibility index (Phi) is 6.50. The van der Waals surface area contributed by atoms with Crippen LogP contribution in [0.3, 0.4) is 0 Å². The Morgan fingerprint density at radius 3 is 2.62 bits per heavy atom. The molecular formula is C20H22FN4O3S+. The molecule has 0 radical (unpaired) electrons. The number of nitrogens with one attached hydrogen (secondary N) is 1. The van der Waals surface area contributed by atoms with Crippen molar-refractivity contribution in [1.82, 2.24) is 4.98 Å². The van der Waals surface area contributed by atoms with Gasteiger partial charge in [-0.1, -0.05) is 23.5 Å². The SMILES string of the molecule is C[NH+](C)CCCN(C(=O)Cc1ccc(F)cc1)c1nc2ccc([N+](=O)[O-])cc2s1. The summed E-state index contributed by atoms with van der Waals surface area (Å²) in [5, 5.41) is 11.5. The van der Waals surface area contributed by atoms with E-state index in [-0.39, 0.29) is 23.8 Å². The van der Waals surface area contributed by atoms with Crippen molar-refractivity contribution in [3.63, 3.8) is 0 Å². The molecule has 2 aromatic carbocycles. The fraction of sp³-hybridized carbons (Fsp3) is 0.300. The molecule has 0 bridgehead atoms. The van der Waals surface area contributed by atoms with Crippen LogP contribution in [-0.4, -0.2) is 43.0 Å². The number of nitro groups is 1. The lowest BCUT2D eigenvalue weighted by atomic mass is 10.1. The highest BCUT2D eigenvalue weighted by Crippen LogP contribution is 2.31. The summed E-state index contributed by atoms with van der Waals surface area (Å²) in [6.45, 7) is 1.38. The predicted molar refractivity (Wildman–Crippen MR) is 111 cm³/mol. The minimum atomic E-state index is -0.448. The second-order valence-electron chi connectivity index (χ2n) is 7.06. The number of carbonyl (C=O) groups is 1. The Labute approximate surface area is 171 Å². The number of hydrogen-bond acceptors (Lipinski definition) is 5. The number of aromatic nitrogens is 1. The van der Waals surface area contributed by atoms with Gasteiger partial charge in [-0.3, -0.25) is 19.8 Å². The summed E-state index contributed by atoms with van der Waals surface area (Å²) in [5.74, 6) is -0.487. The Hall–Kier alpha value is -2.91. The third-order valence-electron chi connectivity index (χ3n) is 4.43. The number of fused-ring (bicyclic) bond motifs is 1. The van der Waals surface area contributed by atoms with Crippen molar-refractivity contribution in [2.75, 3.05) is 32.1 Å². The van der Waals surface area contributed by atoms with Crippen molar-refractivity contribution in [2.45, 2.75) is 12.8 Å². The van der Waals surface area contributed by atoms with E-state index in [0.29, 0.717) is 21.9 Å². The van der Waals surface area contributed by atoms with E-state index >= 15 is 0 Å². The number of rotatable bonds is 8. The maximum absolute atomic E-state index is 13.1. The Bertz CT molecular complexity index is 1020. The topological polar surface area (TPSA) is 80.8 Å². The molecule has 0 unspecified atom stereocenters. The highest BCUT2D eigenvalue weighted by atomic mass is 32.1. The smallest absolute Gasteiger partial charge is 0.270 e.